The third-order valence-corrected chi connectivity index (χ3v) is 5.22. The van der Waals surface area contributed by atoms with Crippen molar-refractivity contribution in [3.05, 3.63) is 101 Å². The third-order valence-electron chi connectivity index (χ3n) is 4.97. The predicted octanol–water partition coefficient (Wildman–Crippen LogP) is 4.86. The number of carbonyl (C=O) groups is 2. The van der Waals surface area contributed by atoms with Crippen molar-refractivity contribution in [2.75, 3.05) is 13.2 Å². The number of carbonyl (C=O) groups excluding carboxylic acids is 2. The summed E-state index contributed by atoms with van der Waals surface area (Å²) in [6.45, 7) is 0.643. The molecule has 0 fully saturated rings. The normalized spacial score (nSPS) is 10.8. The van der Waals surface area contributed by atoms with Gasteiger partial charge in [-0.1, -0.05) is 41.9 Å². The molecule has 0 unspecified atom stereocenters. The summed E-state index contributed by atoms with van der Waals surface area (Å²) in [4.78, 5) is 25.4. The number of hydrogen-bond acceptors (Lipinski definition) is 3. The number of fused-ring (bicyclic) bond motifs is 1. The van der Waals surface area contributed by atoms with E-state index in [1.165, 1.54) is 18.2 Å². The molecule has 162 valence electrons. The minimum absolute atomic E-state index is 0.000738. The number of ketones is 1. The molecule has 0 radical (unpaired) electrons. The zero-order valence-corrected chi connectivity index (χ0v) is 17.8. The molecule has 0 saturated carbocycles. The first-order chi connectivity index (χ1) is 15.5. The van der Waals surface area contributed by atoms with Gasteiger partial charge in [0.15, 0.2) is 5.78 Å². The number of hydrogen-bond donors (Lipinski definition) is 1. The van der Waals surface area contributed by atoms with Crippen LogP contribution in [0.3, 0.4) is 0 Å². The number of ether oxygens (including phenoxy) is 1. The van der Waals surface area contributed by atoms with E-state index in [0.717, 1.165) is 5.52 Å². The molecule has 0 bridgehead atoms. The molecule has 32 heavy (non-hydrogen) atoms. The van der Waals surface area contributed by atoms with E-state index in [-0.39, 0.29) is 18.0 Å². The van der Waals surface area contributed by atoms with Crippen molar-refractivity contribution in [2.45, 2.75) is 6.54 Å². The lowest BCUT2D eigenvalue weighted by atomic mass is 10.0. The maximum Gasteiger partial charge on any atom is 0.240 e. The standard InChI is InChI=1S/C25H20ClFN2O3/c26-17-9-11-18(12-10-17)32-14-13-28-24(30)16-29-15-21(19-5-2-4-8-23(19)29)25(31)20-6-1-3-7-22(20)27/h1-12,15H,13-14,16H2,(H,28,30). The second-order valence-electron chi connectivity index (χ2n) is 7.15. The van der Waals surface area contributed by atoms with Crippen molar-refractivity contribution in [1.82, 2.24) is 9.88 Å². The Morgan fingerprint density at radius 2 is 1.66 bits per heavy atom. The third kappa shape index (κ3) is 4.81. The molecule has 3 aromatic carbocycles. The van der Waals surface area contributed by atoms with Crippen molar-refractivity contribution in [2.24, 2.45) is 0 Å². The lowest BCUT2D eigenvalue weighted by molar-refractivity contribution is -0.121. The van der Waals surface area contributed by atoms with Crippen molar-refractivity contribution >= 4 is 34.2 Å². The molecular formula is C25H20ClFN2O3. The monoisotopic (exact) mass is 450 g/mol. The predicted molar refractivity (Wildman–Crippen MR) is 122 cm³/mol. The lowest BCUT2D eigenvalue weighted by Crippen LogP contribution is -2.31. The maximum atomic E-state index is 14.1. The van der Waals surface area contributed by atoms with Crippen LogP contribution in [0.2, 0.25) is 5.02 Å². The second kappa shape index (κ2) is 9.66. The zero-order chi connectivity index (χ0) is 22.5. The molecule has 4 rings (SSSR count). The van der Waals surface area contributed by atoms with Crippen molar-refractivity contribution in [1.29, 1.82) is 0 Å². The van der Waals surface area contributed by atoms with E-state index in [1.807, 2.05) is 12.1 Å². The molecule has 1 N–H and O–H groups in total. The van der Waals surface area contributed by atoms with Crippen LogP contribution in [0.15, 0.2) is 79.0 Å². The van der Waals surface area contributed by atoms with Crippen LogP contribution in [-0.2, 0) is 11.3 Å². The Morgan fingerprint density at radius 3 is 2.44 bits per heavy atom. The molecule has 1 aromatic heterocycles. The fourth-order valence-corrected chi connectivity index (χ4v) is 3.58. The number of aromatic nitrogens is 1. The Hall–Kier alpha value is -3.64. The van der Waals surface area contributed by atoms with Gasteiger partial charge in [-0.05, 0) is 42.5 Å². The highest BCUT2D eigenvalue weighted by Crippen LogP contribution is 2.25. The number of benzene rings is 3. The van der Waals surface area contributed by atoms with Gasteiger partial charge in [0.05, 0.1) is 12.1 Å². The number of rotatable bonds is 8. The minimum atomic E-state index is -0.576. The fraction of sp³-hybridized carbons (Fsp3) is 0.120. The topological polar surface area (TPSA) is 60.3 Å². The van der Waals surface area contributed by atoms with Crippen LogP contribution >= 0.6 is 11.6 Å². The Balaban J connectivity index is 1.44. The van der Waals surface area contributed by atoms with Gasteiger partial charge in [-0.15, -0.1) is 0 Å². The largest absolute Gasteiger partial charge is 0.492 e. The van der Waals surface area contributed by atoms with Crippen LogP contribution in [0.4, 0.5) is 4.39 Å². The van der Waals surface area contributed by atoms with E-state index >= 15 is 0 Å². The summed E-state index contributed by atoms with van der Waals surface area (Å²) < 4.78 is 21.4. The Kier molecular flexibility index (Phi) is 6.52. The van der Waals surface area contributed by atoms with Crippen LogP contribution in [-0.4, -0.2) is 29.4 Å². The Morgan fingerprint density at radius 1 is 0.938 bits per heavy atom. The lowest BCUT2D eigenvalue weighted by Gasteiger charge is -2.09. The van der Waals surface area contributed by atoms with Gasteiger partial charge in [0.25, 0.3) is 0 Å². The first-order valence-electron chi connectivity index (χ1n) is 10.0. The summed E-state index contributed by atoms with van der Waals surface area (Å²) >= 11 is 5.84. The average Bonchev–Trinajstić information content (AvgIpc) is 3.16. The van der Waals surface area contributed by atoms with Crippen molar-refractivity contribution in [3.8, 4) is 5.75 Å². The second-order valence-corrected chi connectivity index (χ2v) is 7.59. The Labute approximate surface area is 189 Å². The number of para-hydroxylation sites is 1. The smallest absolute Gasteiger partial charge is 0.240 e. The Bertz CT molecular complexity index is 1270. The van der Waals surface area contributed by atoms with Gasteiger partial charge in [0, 0.05) is 27.7 Å². The molecule has 4 aromatic rings. The molecule has 0 atom stereocenters. The molecule has 0 saturated heterocycles. The van der Waals surface area contributed by atoms with Crippen LogP contribution in [0.1, 0.15) is 15.9 Å². The summed E-state index contributed by atoms with van der Waals surface area (Å²) in [7, 11) is 0. The molecular weight excluding hydrogens is 431 g/mol. The quantitative estimate of drug-likeness (QED) is 0.308. The van der Waals surface area contributed by atoms with Crippen LogP contribution in [0.25, 0.3) is 10.9 Å². The van der Waals surface area contributed by atoms with E-state index in [9.17, 15) is 14.0 Å². The van der Waals surface area contributed by atoms with Gasteiger partial charge in [0.2, 0.25) is 5.91 Å². The molecule has 5 nitrogen and oxygen atoms in total. The first kappa shape index (κ1) is 21.6. The highest BCUT2D eigenvalue weighted by molar-refractivity contribution is 6.30. The fourth-order valence-electron chi connectivity index (χ4n) is 3.45. The average molecular weight is 451 g/mol. The van der Waals surface area contributed by atoms with Crippen LogP contribution in [0.5, 0.6) is 5.75 Å². The molecule has 7 heteroatoms. The van der Waals surface area contributed by atoms with Gasteiger partial charge in [0.1, 0.15) is 24.7 Å². The minimum Gasteiger partial charge on any atom is -0.492 e. The summed E-state index contributed by atoms with van der Waals surface area (Å²) in [6.07, 6.45) is 1.60. The van der Waals surface area contributed by atoms with Crippen LogP contribution < -0.4 is 10.1 Å². The van der Waals surface area contributed by atoms with Gasteiger partial charge >= 0.3 is 0 Å². The molecule has 0 aliphatic rings. The summed E-state index contributed by atoms with van der Waals surface area (Å²) in [5, 5.41) is 4.09. The molecule has 0 spiro atoms. The molecule has 1 heterocycles. The van der Waals surface area contributed by atoms with Crippen molar-refractivity contribution < 1.29 is 18.7 Å². The van der Waals surface area contributed by atoms with E-state index in [0.29, 0.717) is 34.9 Å². The number of nitrogens with one attached hydrogen (secondary N) is 1. The number of nitrogens with zero attached hydrogens (tertiary/aromatic N) is 1. The van der Waals surface area contributed by atoms with Gasteiger partial charge in [-0.2, -0.15) is 0 Å². The summed E-state index contributed by atoms with van der Waals surface area (Å²) in [5.41, 5.74) is 1.07. The van der Waals surface area contributed by atoms with Gasteiger partial charge in [-0.25, -0.2) is 4.39 Å². The molecule has 0 aliphatic heterocycles. The van der Waals surface area contributed by atoms with E-state index in [1.54, 1.807) is 53.2 Å². The summed E-state index contributed by atoms with van der Waals surface area (Å²) in [6, 6.07) is 20.1. The SMILES string of the molecule is O=C(Cn1cc(C(=O)c2ccccc2F)c2ccccc21)NCCOc1ccc(Cl)cc1. The highest BCUT2D eigenvalue weighted by atomic mass is 35.5. The van der Waals surface area contributed by atoms with E-state index < -0.39 is 11.6 Å². The molecule has 1 amide bonds. The first-order valence-corrected chi connectivity index (χ1v) is 10.4. The number of amides is 1. The maximum absolute atomic E-state index is 14.1. The number of halogens is 2. The van der Waals surface area contributed by atoms with Crippen molar-refractivity contribution in [3.63, 3.8) is 0 Å². The highest BCUT2D eigenvalue weighted by Gasteiger charge is 2.19. The zero-order valence-electron chi connectivity index (χ0n) is 17.1. The summed E-state index contributed by atoms with van der Waals surface area (Å²) in [5.74, 6) is -0.561. The van der Waals surface area contributed by atoms with E-state index in [2.05, 4.69) is 5.32 Å². The van der Waals surface area contributed by atoms with Crippen LogP contribution in [0, 0.1) is 5.82 Å². The molecule has 0 aliphatic carbocycles. The van der Waals surface area contributed by atoms with Gasteiger partial charge in [-0.3, -0.25) is 9.59 Å². The van der Waals surface area contributed by atoms with E-state index in [4.69, 9.17) is 16.3 Å². The van der Waals surface area contributed by atoms with Gasteiger partial charge < -0.3 is 14.6 Å².